The molecule has 3 rings (SSSR count). The first-order valence-electron chi connectivity index (χ1n) is 9.90. The molecular formula is C22H31N3O3. The van der Waals surface area contributed by atoms with Gasteiger partial charge in [-0.15, -0.1) is 0 Å². The third-order valence-electron chi connectivity index (χ3n) is 5.53. The molecule has 1 fully saturated rings. The Morgan fingerprint density at radius 2 is 2.04 bits per heavy atom. The van der Waals surface area contributed by atoms with Crippen molar-refractivity contribution < 1.29 is 13.9 Å². The molecular weight excluding hydrogens is 354 g/mol. The van der Waals surface area contributed by atoms with Crippen LogP contribution in [0, 0.1) is 26.7 Å². The molecule has 1 aliphatic rings. The fraction of sp³-hybridized carbons (Fsp3) is 0.545. The summed E-state index contributed by atoms with van der Waals surface area (Å²) in [6.07, 6.45) is 0.644. The molecule has 1 atom stereocenters. The van der Waals surface area contributed by atoms with E-state index in [4.69, 9.17) is 14.1 Å². The molecule has 152 valence electrons. The maximum atomic E-state index is 11.9. The predicted molar refractivity (Wildman–Crippen MR) is 109 cm³/mol. The number of hydrogen-bond acceptors (Lipinski definition) is 5. The van der Waals surface area contributed by atoms with Crippen molar-refractivity contribution in [2.75, 3.05) is 33.8 Å². The summed E-state index contributed by atoms with van der Waals surface area (Å²) in [6, 6.07) is 4.09. The molecule has 0 radical (unpaired) electrons. The third-order valence-corrected chi connectivity index (χ3v) is 5.53. The Labute approximate surface area is 167 Å². The lowest BCUT2D eigenvalue weighted by molar-refractivity contribution is -0.127. The maximum Gasteiger partial charge on any atom is 0.226 e. The Hall–Kier alpha value is -2.34. The zero-order chi connectivity index (χ0) is 20.4. The van der Waals surface area contributed by atoms with Crippen molar-refractivity contribution in [2.45, 2.75) is 40.7 Å². The predicted octanol–water partition coefficient (Wildman–Crippen LogP) is 3.58. The van der Waals surface area contributed by atoms with Crippen LogP contribution in [0.2, 0.25) is 0 Å². The number of oxazole rings is 1. The quantitative estimate of drug-likeness (QED) is 0.729. The molecule has 1 aromatic carbocycles. The highest BCUT2D eigenvalue weighted by molar-refractivity contribution is 5.78. The van der Waals surface area contributed by atoms with E-state index in [1.807, 2.05) is 38.7 Å². The topological polar surface area (TPSA) is 58.8 Å². The number of benzene rings is 1. The molecule has 1 amide bonds. The molecule has 2 aromatic rings. The minimum Gasteiger partial charge on any atom is -0.496 e. The molecule has 1 aromatic heterocycles. The zero-order valence-electron chi connectivity index (χ0n) is 17.8. The smallest absolute Gasteiger partial charge is 0.226 e. The minimum absolute atomic E-state index is 0.270. The molecule has 0 aliphatic carbocycles. The van der Waals surface area contributed by atoms with Crippen molar-refractivity contribution >= 4 is 5.91 Å². The normalized spacial score (nSPS) is 17.0. The van der Waals surface area contributed by atoms with E-state index in [0.29, 0.717) is 24.8 Å². The van der Waals surface area contributed by atoms with Gasteiger partial charge in [-0.1, -0.05) is 0 Å². The van der Waals surface area contributed by atoms with E-state index in [9.17, 15) is 4.79 Å². The highest BCUT2D eigenvalue weighted by Crippen LogP contribution is 2.31. The average molecular weight is 386 g/mol. The molecule has 1 saturated heterocycles. The number of aryl methyl sites for hydroxylation is 3. The van der Waals surface area contributed by atoms with E-state index in [0.717, 1.165) is 53.5 Å². The van der Waals surface area contributed by atoms with Gasteiger partial charge >= 0.3 is 0 Å². The van der Waals surface area contributed by atoms with E-state index in [-0.39, 0.29) is 5.91 Å². The summed E-state index contributed by atoms with van der Waals surface area (Å²) in [5.41, 5.74) is 4.08. The number of likely N-dealkylation sites (tertiary alicyclic amines) is 1. The van der Waals surface area contributed by atoms with Gasteiger partial charge in [0, 0.05) is 38.2 Å². The first-order chi connectivity index (χ1) is 13.3. The number of nitrogens with zero attached hydrogens (tertiary/aromatic N) is 3. The van der Waals surface area contributed by atoms with Crippen LogP contribution >= 0.6 is 0 Å². The highest BCUT2D eigenvalue weighted by Gasteiger charge is 2.29. The van der Waals surface area contributed by atoms with Gasteiger partial charge in [0.1, 0.15) is 11.5 Å². The standard InChI is InChI=1S/C22H31N3O3/c1-7-25-12-17(10-21(25)26)11-24(5)13-19-16(4)28-22(23-19)18-8-15(3)20(27-6)9-14(18)2/h8-9,17H,7,10-13H2,1-6H3. The van der Waals surface area contributed by atoms with Crippen molar-refractivity contribution in [2.24, 2.45) is 5.92 Å². The van der Waals surface area contributed by atoms with Crippen LogP contribution in [0.3, 0.4) is 0 Å². The summed E-state index contributed by atoms with van der Waals surface area (Å²) in [5.74, 6) is 3.02. The van der Waals surface area contributed by atoms with Gasteiger partial charge in [-0.2, -0.15) is 0 Å². The van der Waals surface area contributed by atoms with Gasteiger partial charge < -0.3 is 19.0 Å². The molecule has 0 bridgehead atoms. The monoisotopic (exact) mass is 385 g/mol. The maximum absolute atomic E-state index is 11.9. The van der Waals surface area contributed by atoms with Crippen LogP contribution in [0.25, 0.3) is 11.5 Å². The number of rotatable bonds is 7. The SMILES string of the molecule is CCN1CC(CN(C)Cc2nc(-c3cc(C)c(OC)cc3C)oc2C)CC1=O. The Morgan fingerprint density at radius 1 is 1.29 bits per heavy atom. The number of aromatic nitrogens is 1. The van der Waals surface area contributed by atoms with Gasteiger partial charge in [0.2, 0.25) is 11.8 Å². The van der Waals surface area contributed by atoms with Crippen molar-refractivity contribution in [3.8, 4) is 17.2 Å². The Balaban J connectivity index is 1.71. The van der Waals surface area contributed by atoms with Crippen LogP contribution in [0.1, 0.15) is 35.9 Å². The van der Waals surface area contributed by atoms with Gasteiger partial charge in [0.25, 0.3) is 0 Å². The number of hydrogen-bond donors (Lipinski definition) is 0. The van der Waals surface area contributed by atoms with Crippen molar-refractivity contribution in [1.82, 2.24) is 14.8 Å². The zero-order valence-corrected chi connectivity index (χ0v) is 17.8. The summed E-state index contributed by atoms with van der Waals surface area (Å²) >= 11 is 0. The van der Waals surface area contributed by atoms with Gasteiger partial charge in [-0.05, 0) is 63.9 Å². The summed E-state index contributed by atoms with van der Waals surface area (Å²) in [6.45, 7) is 11.3. The van der Waals surface area contributed by atoms with Gasteiger partial charge in [-0.25, -0.2) is 4.98 Å². The first kappa shape index (κ1) is 20.4. The lowest BCUT2D eigenvalue weighted by atomic mass is 10.0. The summed E-state index contributed by atoms with van der Waals surface area (Å²) in [7, 11) is 3.76. The lowest BCUT2D eigenvalue weighted by Gasteiger charge is -2.20. The summed E-state index contributed by atoms with van der Waals surface area (Å²) in [5, 5.41) is 0. The van der Waals surface area contributed by atoms with Crippen LogP contribution in [-0.2, 0) is 11.3 Å². The molecule has 6 heteroatoms. The number of carbonyl (C=O) groups is 1. The van der Waals surface area contributed by atoms with Crippen LogP contribution in [0.5, 0.6) is 5.75 Å². The second-order valence-corrected chi connectivity index (χ2v) is 7.86. The van der Waals surface area contributed by atoms with Gasteiger partial charge in [0.15, 0.2) is 0 Å². The molecule has 6 nitrogen and oxygen atoms in total. The Kier molecular flexibility index (Phi) is 6.08. The van der Waals surface area contributed by atoms with Crippen LogP contribution < -0.4 is 4.74 Å². The van der Waals surface area contributed by atoms with E-state index >= 15 is 0 Å². The fourth-order valence-corrected chi connectivity index (χ4v) is 3.97. The second kappa shape index (κ2) is 8.35. The molecule has 1 unspecified atom stereocenters. The molecule has 28 heavy (non-hydrogen) atoms. The minimum atomic E-state index is 0.270. The van der Waals surface area contributed by atoms with E-state index in [1.165, 1.54) is 0 Å². The van der Waals surface area contributed by atoms with E-state index in [2.05, 4.69) is 18.0 Å². The van der Waals surface area contributed by atoms with Crippen LogP contribution in [0.15, 0.2) is 16.5 Å². The fourth-order valence-electron chi connectivity index (χ4n) is 3.97. The average Bonchev–Trinajstić information content (AvgIpc) is 3.18. The molecule has 2 heterocycles. The Bertz CT molecular complexity index is 859. The van der Waals surface area contributed by atoms with E-state index < -0.39 is 0 Å². The van der Waals surface area contributed by atoms with Crippen LogP contribution in [-0.4, -0.2) is 54.5 Å². The largest absolute Gasteiger partial charge is 0.496 e. The number of ether oxygens (including phenoxy) is 1. The second-order valence-electron chi connectivity index (χ2n) is 7.86. The number of carbonyl (C=O) groups excluding carboxylic acids is 1. The lowest BCUT2D eigenvalue weighted by Crippen LogP contribution is -2.28. The van der Waals surface area contributed by atoms with Crippen LogP contribution in [0.4, 0.5) is 0 Å². The van der Waals surface area contributed by atoms with E-state index in [1.54, 1.807) is 7.11 Å². The van der Waals surface area contributed by atoms with Crippen molar-refractivity contribution in [1.29, 1.82) is 0 Å². The molecule has 0 saturated carbocycles. The molecule has 0 N–H and O–H groups in total. The first-order valence-corrected chi connectivity index (χ1v) is 9.90. The third kappa shape index (κ3) is 4.22. The number of amides is 1. The van der Waals surface area contributed by atoms with Crippen molar-refractivity contribution in [3.05, 3.63) is 34.7 Å². The van der Waals surface area contributed by atoms with Crippen molar-refractivity contribution in [3.63, 3.8) is 0 Å². The van der Waals surface area contributed by atoms with Gasteiger partial charge in [-0.3, -0.25) is 4.79 Å². The number of methoxy groups -OCH3 is 1. The molecule has 1 aliphatic heterocycles. The molecule has 0 spiro atoms. The van der Waals surface area contributed by atoms with Gasteiger partial charge in [0.05, 0.1) is 12.8 Å². The Morgan fingerprint density at radius 3 is 2.68 bits per heavy atom. The highest BCUT2D eigenvalue weighted by atomic mass is 16.5. The summed E-state index contributed by atoms with van der Waals surface area (Å²) < 4.78 is 11.4. The summed E-state index contributed by atoms with van der Waals surface area (Å²) in [4.78, 5) is 20.9.